The van der Waals surface area contributed by atoms with Gasteiger partial charge in [-0.15, -0.1) is 0 Å². The summed E-state index contributed by atoms with van der Waals surface area (Å²) in [5, 5.41) is 3.52. The van der Waals surface area contributed by atoms with Crippen molar-refractivity contribution in [3.05, 3.63) is 47.3 Å². The van der Waals surface area contributed by atoms with Gasteiger partial charge >= 0.3 is 0 Å². The summed E-state index contributed by atoms with van der Waals surface area (Å²) in [6.45, 7) is 7.19. The molecule has 3 heteroatoms. The van der Waals surface area contributed by atoms with Crippen molar-refractivity contribution in [3.8, 4) is 0 Å². The van der Waals surface area contributed by atoms with E-state index >= 15 is 0 Å². The molecule has 0 spiro atoms. The highest BCUT2D eigenvalue weighted by atomic mass is 16.3. The van der Waals surface area contributed by atoms with Crippen molar-refractivity contribution >= 4 is 0 Å². The minimum absolute atomic E-state index is 0.0901. The van der Waals surface area contributed by atoms with Gasteiger partial charge in [0.1, 0.15) is 17.3 Å². The summed E-state index contributed by atoms with van der Waals surface area (Å²) in [6.07, 6.45) is 3.74. The van der Waals surface area contributed by atoms with Crippen molar-refractivity contribution in [2.75, 3.05) is 6.54 Å². The van der Waals surface area contributed by atoms with E-state index in [1.807, 2.05) is 25.1 Å². The highest BCUT2D eigenvalue weighted by molar-refractivity contribution is 5.29. The second kappa shape index (κ2) is 5.91. The largest absolute Gasteiger partial charge is 0.469 e. The first-order valence-electron chi connectivity index (χ1n) is 6.62. The summed E-state index contributed by atoms with van der Waals surface area (Å²) in [6, 6.07) is 6.16. The van der Waals surface area contributed by atoms with Crippen LogP contribution in [0.5, 0.6) is 0 Å². The standard InChI is InChI=1S/C15H21NO2/c1-4-9-16-15(14-7-6-11(3)18-14)12-8-10-17-13(12)5-2/h6-8,10,15-16H,4-5,9H2,1-3H3. The topological polar surface area (TPSA) is 38.3 Å². The molecule has 98 valence electrons. The van der Waals surface area contributed by atoms with E-state index in [4.69, 9.17) is 8.83 Å². The van der Waals surface area contributed by atoms with Crippen LogP contribution in [0.15, 0.2) is 33.3 Å². The van der Waals surface area contributed by atoms with Crippen molar-refractivity contribution in [3.63, 3.8) is 0 Å². The molecule has 2 aromatic rings. The van der Waals surface area contributed by atoms with Gasteiger partial charge in [0.15, 0.2) is 0 Å². The monoisotopic (exact) mass is 247 g/mol. The molecule has 0 bridgehead atoms. The quantitative estimate of drug-likeness (QED) is 0.843. The Hall–Kier alpha value is -1.48. The summed E-state index contributed by atoms with van der Waals surface area (Å²) in [5.41, 5.74) is 1.18. The predicted molar refractivity (Wildman–Crippen MR) is 71.7 cm³/mol. The van der Waals surface area contributed by atoms with Gasteiger partial charge in [-0.3, -0.25) is 0 Å². The predicted octanol–water partition coefficient (Wildman–Crippen LogP) is 3.83. The van der Waals surface area contributed by atoms with Crippen molar-refractivity contribution in [1.29, 1.82) is 0 Å². The Kier molecular flexibility index (Phi) is 4.26. The van der Waals surface area contributed by atoms with Gasteiger partial charge in [0.05, 0.1) is 12.3 Å². The first kappa shape index (κ1) is 13.0. The first-order chi connectivity index (χ1) is 8.76. The SMILES string of the molecule is CCCNC(c1ccc(C)o1)c1ccoc1CC. The molecule has 0 saturated heterocycles. The molecule has 2 aromatic heterocycles. The van der Waals surface area contributed by atoms with Crippen LogP contribution in [0.2, 0.25) is 0 Å². The number of nitrogens with one attached hydrogen (secondary N) is 1. The Morgan fingerprint density at radius 1 is 1.22 bits per heavy atom. The third-order valence-electron chi connectivity index (χ3n) is 3.06. The van der Waals surface area contributed by atoms with E-state index in [-0.39, 0.29) is 6.04 Å². The molecule has 0 aromatic carbocycles. The van der Waals surface area contributed by atoms with Gasteiger partial charge in [-0.25, -0.2) is 0 Å². The Balaban J connectivity index is 2.30. The van der Waals surface area contributed by atoms with E-state index in [9.17, 15) is 0 Å². The molecule has 0 saturated carbocycles. The maximum absolute atomic E-state index is 5.76. The Bertz CT molecular complexity index is 484. The van der Waals surface area contributed by atoms with E-state index in [0.29, 0.717) is 0 Å². The van der Waals surface area contributed by atoms with E-state index in [0.717, 1.165) is 36.7 Å². The van der Waals surface area contributed by atoms with Crippen LogP contribution in [-0.4, -0.2) is 6.54 Å². The molecule has 1 N–H and O–H groups in total. The lowest BCUT2D eigenvalue weighted by atomic mass is 10.0. The Labute approximate surface area is 108 Å². The molecule has 2 heterocycles. The second-order valence-electron chi connectivity index (χ2n) is 4.49. The van der Waals surface area contributed by atoms with E-state index < -0.39 is 0 Å². The third-order valence-corrected chi connectivity index (χ3v) is 3.06. The van der Waals surface area contributed by atoms with Crippen LogP contribution in [0.4, 0.5) is 0 Å². The van der Waals surface area contributed by atoms with Gasteiger partial charge in [-0.1, -0.05) is 13.8 Å². The van der Waals surface area contributed by atoms with E-state index in [2.05, 4.69) is 19.2 Å². The molecule has 0 amide bonds. The number of aryl methyl sites for hydroxylation is 2. The maximum Gasteiger partial charge on any atom is 0.125 e. The highest BCUT2D eigenvalue weighted by Crippen LogP contribution is 2.27. The molecule has 0 aliphatic carbocycles. The summed E-state index contributed by atoms with van der Waals surface area (Å²) in [4.78, 5) is 0. The van der Waals surface area contributed by atoms with Crippen molar-refractivity contribution < 1.29 is 8.83 Å². The molecule has 1 atom stereocenters. The van der Waals surface area contributed by atoms with Crippen molar-refractivity contribution in [1.82, 2.24) is 5.32 Å². The zero-order valence-electron chi connectivity index (χ0n) is 11.3. The van der Waals surface area contributed by atoms with Gasteiger partial charge in [0.2, 0.25) is 0 Å². The number of hydrogen-bond acceptors (Lipinski definition) is 3. The molecule has 1 unspecified atom stereocenters. The zero-order valence-corrected chi connectivity index (χ0v) is 11.3. The fourth-order valence-corrected chi connectivity index (χ4v) is 2.16. The summed E-state index contributed by atoms with van der Waals surface area (Å²) in [7, 11) is 0. The average molecular weight is 247 g/mol. The van der Waals surface area contributed by atoms with Crippen molar-refractivity contribution in [2.24, 2.45) is 0 Å². The highest BCUT2D eigenvalue weighted by Gasteiger charge is 2.21. The van der Waals surface area contributed by atoms with E-state index in [1.54, 1.807) is 6.26 Å². The van der Waals surface area contributed by atoms with Gasteiger partial charge < -0.3 is 14.2 Å². The molecule has 2 rings (SSSR count). The number of furan rings is 2. The first-order valence-corrected chi connectivity index (χ1v) is 6.62. The van der Waals surface area contributed by atoms with Crippen LogP contribution < -0.4 is 5.32 Å². The summed E-state index contributed by atoms with van der Waals surface area (Å²) in [5.74, 6) is 2.92. The average Bonchev–Trinajstić information content (AvgIpc) is 2.99. The van der Waals surface area contributed by atoms with Crippen molar-refractivity contribution in [2.45, 2.75) is 39.7 Å². The van der Waals surface area contributed by atoms with Crippen LogP contribution >= 0.6 is 0 Å². The lowest BCUT2D eigenvalue weighted by Gasteiger charge is -2.16. The van der Waals surface area contributed by atoms with Crippen LogP contribution in [0.3, 0.4) is 0 Å². The fourth-order valence-electron chi connectivity index (χ4n) is 2.16. The van der Waals surface area contributed by atoms with Gasteiger partial charge in [0.25, 0.3) is 0 Å². The molecule has 0 aliphatic heterocycles. The van der Waals surface area contributed by atoms with Crippen LogP contribution in [-0.2, 0) is 6.42 Å². The zero-order chi connectivity index (χ0) is 13.0. The lowest BCUT2D eigenvalue weighted by Crippen LogP contribution is -2.23. The Morgan fingerprint density at radius 3 is 2.67 bits per heavy atom. The van der Waals surface area contributed by atoms with Crippen LogP contribution in [0, 0.1) is 6.92 Å². The minimum atomic E-state index is 0.0901. The molecule has 18 heavy (non-hydrogen) atoms. The Morgan fingerprint density at radius 2 is 2.06 bits per heavy atom. The smallest absolute Gasteiger partial charge is 0.125 e. The maximum atomic E-state index is 5.76. The van der Waals surface area contributed by atoms with Gasteiger partial charge in [-0.05, 0) is 38.1 Å². The third kappa shape index (κ3) is 2.67. The summed E-state index contributed by atoms with van der Waals surface area (Å²) < 4.78 is 11.3. The minimum Gasteiger partial charge on any atom is -0.469 e. The number of rotatable bonds is 6. The van der Waals surface area contributed by atoms with E-state index in [1.165, 1.54) is 5.56 Å². The molecule has 0 radical (unpaired) electrons. The van der Waals surface area contributed by atoms with Gasteiger partial charge in [-0.2, -0.15) is 0 Å². The van der Waals surface area contributed by atoms with Gasteiger partial charge in [0, 0.05) is 12.0 Å². The van der Waals surface area contributed by atoms with Crippen LogP contribution in [0.1, 0.15) is 49.2 Å². The van der Waals surface area contributed by atoms with Crippen LogP contribution in [0.25, 0.3) is 0 Å². The summed E-state index contributed by atoms with van der Waals surface area (Å²) >= 11 is 0. The second-order valence-corrected chi connectivity index (χ2v) is 4.49. The molecule has 3 nitrogen and oxygen atoms in total. The molecular formula is C15H21NO2. The molecule has 0 aliphatic rings. The lowest BCUT2D eigenvalue weighted by molar-refractivity contribution is 0.423. The normalized spacial score (nSPS) is 12.8. The fraction of sp³-hybridized carbons (Fsp3) is 0.467. The number of hydrogen-bond donors (Lipinski definition) is 1. The molecular weight excluding hydrogens is 226 g/mol. The molecule has 0 fully saturated rings.